The molecule has 2 heterocycles. The van der Waals surface area contributed by atoms with E-state index in [-0.39, 0.29) is 11.8 Å². The highest BCUT2D eigenvalue weighted by atomic mass is 32.1. The Hall–Kier alpha value is -1.50. The number of nitrogens with zero attached hydrogens (tertiary/aromatic N) is 3. The van der Waals surface area contributed by atoms with E-state index in [2.05, 4.69) is 10.2 Å². The van der Waals surface area contributed by atoms with Gasteiger partial charge in [0.25, 0.3) is 5.91 Å². The third kappa shape index (κ3) is 2.10. The van der Waals surface area contributed by atoms with Crippen molar-refractivity contribution in [2.75, 3.05) is 7.05 Å². The fourth-order valence-electron chi connectivity index (χ4n) is 2.20. The first kappa shape index (κ1) is 12.9. The SMILES string of the molecule is CCCc1n[nH]c(=S)n1C1CCC(=O)N(C)C1=O. The minimum atomic E-state index is -0.402. The van der Waals surface area contributed by atoms with Crippen LogP contribution in [0.5, 0.6) is 0 Å². The molecule has 6 nitrogen and oxygen atoms in total. The summed E-state index contributed by atoms with van der Waals surface area (Å²) in [6.45, 7) is 2.04. The molecule has 1 fully saturated rings. The Labute approximate surface area is 110 Å². The first-order valence-corrected chi connectivity index (χ1v) is 6.43. The fraction of sp³-hybridized carbons (Fsp3) is 0.636. The summed E-state index contributed by atoms with van der Waals surface area (Å²) in [5, 5.41) is 6.88. The number of hydrogen-bond acceptors (Lipinski definition) is 4. The molecule has 2 amide bonds. The van der Waals surface area contributed by atoms with E-state index in [1.807, 2.05) is 6.92 Å². The number of piperidine rings is 1. The van der Waals surface area contributed by atoms with Gasteiger partial charge in [-0.2, -0.15) is 5.10 Å². The van der Waals surface area contributed by atoms with Crippen LogP contribution in [0.2, 0.25) is 0 Å². The van der Waals surface area contributed by atoms with Crippen LogP contribution in [0.25, 0.3) is 0 Å². The van der Waals surface area contributed by atoms with Gasteiger partial charge < -0.3 is 0 Å². The number of nitrogens with one attached hydrogen (secondary N) is 1. The Kier molecular flexibility index (Phi) is 3.60. The Balaban J connectivity index is 2.37. The number of hydrogen-bond donors (Lipinski definition) is 1. The molecule has 98 valence electrons. The predicted octanol–water partition coefficient (Wildman–Crippen LogP) is 1.21. The van der Waals surface area contributed by atoms with Crippen LogP contribution >= 0.6 is 12.2 Å². The second-order valence-electron chi connectivity index (χ2n) is 4.41. The van der Waals surface area contributed by atoms with Crippen LogP contribution in [0.1, 0.15) is 38.1 Å². The van der Waals surface area contributed by atoms with E-state index in [0.29, 0.717) is 17.6 Å². The molecule has 0 aromatic carbocycles. The summed E-state index contributed by atoms with van der Waals surface area (Å²) in [6, 6.07) is -0.402. The highest BCUT2D eigenvalue weighted by molar-refractivity contribution is 7.71. The van der Waals surface area contributed by atoms with Crippen LogP contribution in [-0.2, 0) is 16.0 Å². The minimum Gasteiger partial charge on any atom is -0.291 e. The lowest BCUT2D eigenvalue weighted by Crippen LogP contribution is -2.43. The minimum absolute atomic E-state index is 0.136. The molecule has 1 atom stereocenters. The van der Waals surface area contributed by atoms with Crippen molar-refractivity contribution in [2.24, 2.45) is 0 Å². The number of aryl methyl sites for hydroxylation is 1. The highest BCUT2D eigenvalue weighted by Gasteiger charge is 2.34. The second kappa shape index (κ2) is 5.01. The summed E-state index contributed by atoms with van der Waals surface area (Å²) < 4.78 is 2.20. The van der Waals surface area contributed by atoms with Crippen LogP contribution in [0.3, 0.4) is 0 Å². The zero-order chi connectivity index (χ0) is 13.3. The molecule has 7 heteroatoms. The molecular formula is C11H16N4O2S. The third-order valence-corrected chi connectivity index (χ3v) is 3.47. The maximum atomic E-state index is 12.1. The number of amides is 2. The summed E-state index contributed by atoms with van der Waals surface area (Å²) in [4.78, 5) is 24.8. The van der Waals surface area contributed by atoms with Crippen molar-refractivity contribution in [3.05, 3.63) is 10.6 Å². The molecule has 0 aliphatic carbocycles. The number of rotatable bonds is 3. The van der Waals surface area contributed by atoms with Gasteiger partial charge in [-0.05, 0) is 25.1 Å². The van der Waals surface area contributed by atoms with Crippen LogP contribution in [0.4, 0.5) is 0 Å². The summed E-state index contributed by atoms with van der Waals surface area (Å²) >= 11 is 5.18. The quantitative estimate of drug-likeness (QED) is 0.661. The molecule has 0 radical (unpaired) electrons. The van der Waals surface area contributed by atoms with E-state index >= 15 is 0 Å². The van der Waals surface area contributed by atoms with Crippen LogP contribution < -0.4 is 0 Å². The van der Waals surface area contributed by atoms with E-state index < -0.39 is 6.04 Å². The van der Waals surface area contributed by atoms with Gasteiger partial charge in [-0.1, -0.05) is 6.92 Å². The highest BCUT2D eigenvalue weighted by Crippen LogP contribution is 2.24. The van der Waals surface area contributed by atoms with Crippen molar-refractivity contribution in [1.82, 2.24) is 19.7 Å². The molecule has 1 unspecified atom stereocenters. The molecule has 1 aromatic heterocycles. The van der Waals surface area contributed by atoms with Gasteiger partial charge in [-0.25, -0.2) is 0 Å². The van der Waals surface area contributed by atoms with Crippen molar-refractivity contribution in [3.8, 4) is 0 Å². The fourth-order valence-corrected chi connectivity index (χ4v) is 2.47. The number of aromatic amines is 1. The normalized spacial score (nSPS) is 20.6. The molecule has 1 aromatic rings. The second-order valence-corrected chi connectivity index (χ2v) is 4.80. The van der Waals surface area contributed by atoms with Crippen LogP contribution in [-0.4, -0.2) is 38.5 Å². The third-order valence-electron chi connectivity index (χ3n) is 3.18. The summed E-state index contributed by atoms with van der Waals surface area (Å²) in [5.74, 6) is 0.438. The van der Waals surface area contributed by atoms with Crippen molar-refractivity contribution in [1.29, 1.82) is 0 Å². The zero-order valence-corrected chi connectivity index (χ0v) is 11.3. The van der Waals surface area contributed by atoms with Crippen molar-refractivity contribution in [2.45, 2.75) is 38.6 Å². The standard InChI is InChI=1S/C11H16N4O2S/c1-3-4-8-12-13-11(18)15(8)7-5-6-9(16)14(2)10(7)17/h7H,3-6H2,1-2H3,(H,13,18). The first-order valence-electron chi connectivity index (χ1n) is 6.02. The van der Waals surface area contributed by atoms with Crippen LogP contribution in [0, 0.1) is 4.77 Å². The average Bonchev–Trinajstić information content (AvgIpc) is 2.69. The van der Waals surface area contributed by atoms with Crippen molar-refractivity contribution >= 4 is 24.0 Å². The molecule has 0 bridgehead atoms. The smallest absolute Gasteiger partial charge is 0.252 e. The van der Waals surface area contributed by atoms with Gasteiger partial charge in [0, 0.05) is 19.9 Å². The van der Waals surface area contributed by atoms with Gasteiger partial charge in [-0.3, -0.25) is 24.2 Å². The number of H-pyrrole nitrogens is 1. The maximum absolute atomic E-state index is 12.1. The first-order chi connectivity index (χ1) is 8.56. The number of carbonyl (C=O) groups excluding carboxylic acids is 2. The Morgan fingerprint density at radius 3 is 2.89 bits per heavy atom. The van der Waals surface area contributed by atoms with Crippen LogP contribution in [0.15, 0.2) is 0 Å². The molecule has 1 aliphatic heterocycles. The molecule has 2 rings (SSSR count). The lowest BCUT2D eigenvalue weighted by molar-refractivity contribution is -0.149. The monoisotopic (exact) mass is 268 g/mol. The number of imide groups is 1. The number of carbonyl (C=O) groups is 2. The number of likely N-dealkylation sites (N-methyl/N-ethyl adjacent to an activating group) is 1. The number of likely N-dealkylation sites (tertiary alicyclic amines) is 1. The van der Waals surface area contributed by atoms with Gasteiger partial charge in [0.1, 0.15) is 11.9 Å². The van der Waals surface area contributed by atoms with Gasteiger partial charge in [0.15, 0.2) is 4.77 Å². The maximum Gasteiger partial charge on any atom is 0.252 e. The van der Waals surface area contributed by atoms with E-state index in [1.165, 1.54) is 11.9 Å². The van der Waals surface area contributed by atoms with E-state index in [9.17, 15) is 9.59 Å². The topological polar surface area (TPSA) is 71.0 Å². The summed E-state index contributed by atoms with van der Waals surface area (Å²) in [7, 11) is 1.51. The van der Waals surface area contributed by atoms with E-state index in [4.69, 9.17) is 12.2 Å². The molecule has 1 saturated heterocycles. The molecule has 0 saturated carbocycles. The molecular weight excluding hydrogens is 252 g/mol. The number of aromatic nitrogens is 3. The molecule has 1 aliphatic rings. The summed E-state index contributed by atoms with van der Waals surface area (Å²) in [6.07, 6.45) is 2.54. The largest absolute Gasteiger partial charge is 0.291 e. The van der Waals surface area contributed by atoms with E-state index in [0.717, 1.165) is 18.7 Å². The lowest BCUT2D eigenvalue weighted by Gasteiger charge is -2.28. The lowest BCUT2D eigenvalue weighted by atomic mass is 10.0. The Bertz CT molecular complexity index is 533. The van der Waals surface area contributed by atoms with E-state index in [1.54, 1.807) is 4.57 Å². The van der Waals surface area contributed by atoms with Gasteiger partial charge in [0.2, 0.25) is 5.91 Å². The van der Waals surface area contributed by atoms with Gasteiger partial charge in [-0.15, -0.1) is 0 Å². The zero-order valence-electron chi connectivity index (χ0n) is 10.5. The Morgan fingerprint density at radius 1 is 1.50 bits per heavy atom. The van der Waals surface area contributed by atoms with Crippen molar-refractivity contribution in [3.63, 3.8) is 0 Å². The molecule has 18 heavy (non-hydrogen) atoms. The summed E-state index contributed by atoms with van der Waals surface area (Å²) in [5.41, 5.74) is 0. The van der Waals surface area contributed by atoms with Crippen molar-refractivity contribution < 1.29 is 9.59 Å². The van der Waals surface area contributed by atoms with Gasteiger partial charge >= 0.3 is 0 Å². The molecule has 1 N–H and O–H groups in total. The molecule has 0 spiro atoms. The average molecular weight is 268 g/mol. The predicted molar refractivity (Wildman–Crippen MR) is 67.5 cm³/mol. The van der Waals surface area contributed by atoms with Gasteiger partial charge in [0.05, 0.1) is 0 Å². The Morgan fingerprint density at radius 2 is 2.22 bits per heavy atom.